The summed E-state index contributed by atoms with van der Waals surface area (Å²) in [7, 11) is 0. The summed E-state index contributed by atoms with van der Waals surface area (Å²) < 4.78 is 5.58. The zero-order valence-corrected chi connectivity index (χ0v) is 13.5. The first-order valence-electron chi connectivity index (χ1n) is 7.42. The second-order valence-corrected chi connectivity index (χ2v) is 5.50. The summed E-state index contributed by atoms with van der Waals surface area (Å²) in [5.41, 5.74) is 8.35. The molecule has 5 nitrogen and oxygen atoms in total. The first-order chi connectivity index (χ1) is 10.9. The minimum Gasteiger partial charge on any atom is -0.489 e. The average molecular weight is 311 g/mol. The number of carbonyl (C=O) groups excluding carboxylic acids is 1. The van der Waals surface area contributed by atoms with E-state index >= 15 is 0 Å². The molecule has 2 rings (SSSR count). The van der Waals surface area contributed by atoms with Crippen LogP contribution in [0.1, 0.15) is 25.0 Å². The van der Waals surface area contributed by atoms with Crippen LogP contribution >= 0.6 is 0 Å². The van der Waals surface area contributed by atoms with Crippen LogP contribution in [0.4, 0.5) is 11.5 Å². The predicted octanol–water partition coefficient (Wildman–Crippen LogP) is 3.41. The normalized spacial score (nSPS) is 11.0. The molecule has 5 heteroatoms. The Morgan fingerprint density at radius 3 is 2.74 bits per heavy atom. The SMILES string of the molecule is Cc1ccnc(NC(=O)/C=C\c2ccc(OC(C)C)c(N)c2)c1. The lowest BCUT2D eigenvalue weighted by atomic mass is 10.1. The van der Waals surface area contributed by atoms with Crippen molar-refractivity contribution in [2.24, 2.45) is 0 Å². The quantitative estimate of drug-likeness (QED) is 0.655. The van der Waals surface area contributed by atoms with Gasteiger partial charge in [0.25, 0.3) is 0 Å². The van der Waals surface area contributed by atoms with Crippen molar-refractivity contribution < 1.29 is 9.53 Å². The van der Waals surface area contributed by atoms with Gasteiger partial charge in [0.1, 0.15) is 11.6 Å². The molecule has 0 aliphatic carbocycles. The average Bonchev–Trinajstić information content (AvgIpc) is 2.47. The molecular formula is C18H21N3O2. The highest BCUT2D eigenvalue weighted by Gasteiger charge is 2.04. The largest absolute Gasteiger partial charge is 0.489 e. The molecule has 1 aromatic carbocycles. The van der Waals surface area contributed by atoms with Crippen molar-refractivity contribution in [1.29, 1.82) is 0 Å². The lowest BCUT2D eigenvalue weighted by molar-refractivity contribution is -0.111. The van der Waals surface area contributed by atoms with Crippen molar-refractivity contribution in [2.45, 2.75) is 26.9 Å². The second kappa shape index (κ2) is 7.45. The van der Waals surface area contributed by atoms with Crippen LogP contribution in [0.2, 0.25) is 0 Å². The van der Waals surface area contributed by atoms with E-state index in [-0.39, 0.29) is 12.0 Å². The number of benzene rings is 1. The van der Waals surface area contributed by atoms with Crippen LogP contribution in [0.3, 0.4) is 0 Å². The number of hydrogen-bond donors (Lipinski definition) is 2. The highest BCUT2D eigenvalue weighted by atomic mass is 16.5. The van der Waals surface area contributed by atoms with Gasteiger partial charge in [-0.05, 0) is 62.2 Å². The van der Waals surface area contributed by atoms with Crippen molar-refractivity contribution in [3.8, 4) is 5.75 Å². The van der Waals surface area contributed by atoms with E-state index in [0.29, 0.717) is 17.3 Å². The summed E-state index contributed by atoms with van der Waals surface area (Å²) in [4.78, 5) is 16.0. The molecule has 1 heterocycles. The van der Waals surface area contributed by atoms with Crippen LogP contribution in [-0.2, 0) is 4.79 Å². The fourth-order valence-electron chi connectivity index (χ4n) is 1.98. The number of pyridine rings is 1. The maximum absolute atomic E-state index is 11.9. The van der Waals surface area contributed by atoms with Gasteiger partial charge in [-0.25, -0.2) is 4.98 Å². The van der Waals surface area contributed by atoms with Crippen LogP contribution < -0.4 is 15.8 Å². The van der Waals surface area contributed by atoms with Gasteiger partial charge in [0.05, 0.1) is 11.8 Å². The zero-order chi connectivity index (χ0) is 16.8. The van der Waals surface area contributed by atoms with E-state index in [9.17, 15) is 4.79 Å². The summed E-state index contributed by atoms with van der Waals surface area (Å²) in [6.45, 7) is 5.82. The number of nitrogens with zero attached hydrogens (tertiary/aromatic N) is 1. The zero-order valence-electron chi connectivity index (χ0n) is 13.5. The van der Waals surface area contributed by atoms with Gasteiger partial charge in [-0.15, -0.1) is 0 Å². The second-order valence-electron chi connectivity index (χ2n) is 5.50. The van der Waals surface area contributed by atoms with Crippen molar-refractivity contribution in [3.63, 3.8) is 0 Å². The molecule has 0 radical (unpaired) electrons. The molecule has 2 aromatic rings. The number of nitrogens with two attached hydrogens (primary N) is 1. The molecule has 0 spiro atoms. The number of amides is 1. The monoisotopic (exact) mass is 311 g/mol. The van der Waals surface area contributed by atoms with E-state index in [0.717, 1.165) is 11.1 Å². The molecule has 0 fully saturated rings. The van der Waals surface area contributed by atoms with E-state index in [1.807, 2.05) is 39.0 Å². The summed E-state index contributed by atoms with van der Waals surface area (Å²) in [6, 6.07) is 9.10. The van der Waals surface area contributed by atoms with Crippen molar-refractivity contribution in [3.05, 3.63) is 53.7 Å². The Balaban J connectivity index is 2.02. The van der Waals surface area contributed by atoms with Gasteiger partial charge >= 0.3 is 0 Å². The molecule has 0 saturated carbocycles. The molecule has 0 saturated heterocycles. The summed E-state index contributed by atoms with van der Waals surface area (Å²) in [5, 5.41) is 2.71. The fourth-order valence-corrected chi connectivity index (χ4v) is 1.98. The number of ether oxygens (including phenoxy) is 1. The molecule has 120 valence electrons. The van der Waals surface area contributed by atoms with E-state index in [1.165, 1.54) is 6.08 Å². The number of nitrogens with one attached hydrogen (secondary N) is 1. The van der Waals surface area contributed by atoms with Crippen molar-refractivity contribution >= 4 is 23.5 Å². The molecule has 0 bridgehead atoms. The number of aryl methyl sites for hydroxylation is 1. The molecule has 0 aliphatic rings. The Morgan fingerprint density at radius 2 is 2.09 bits per heavy atom. The van der Waals surface area contributed by atoms with E-state index in [1.54, 1.807) is 24.4 Å². The third-order valence-corrected chi connectivity index (χ3v) is 2.99. The minimum absolute atomic E-state index is 0.0614. The van der Waals surface area contributed by atoms with Gasteiger partial charge in [0.2, 0.25) is 5.91 Å². The predicted molar refractivity (Wildman–Crippen MR) is 93.3 cm³/mol. The molecule has 0 aliphatic heterocycles. The van der Waals surface area contributed by atoms with Crippen LogP contribution in [0, 0.1) is 6.92 Å². The highest BCUT2D eigenvalue weighted by Crippen LogP contribution is 2.24. The Morgan fingerprint density at radius 1 is 1.30 bits per heavy atom. The van der Waals surface area contributed by atoms with Gasteiger partial charge < -0.3 is 15.8 Å². The first-order valence-corrected chi connectivity index (χ1v) is 7.42. The highest BCUT2D eigenvalue weighted by molar-refractivity contribution is 6.01. The Hall–Kier alpha value is -2.82. The number of aromatic nitrogens is 1. The van der Waals surface area contributed by atoms with Crippen LogP contribution in [0.15, 0.2) is 42.6 Å². The standard InChI is InChI=1S/C18H21N3O2/c1-12(2)23-16-6-4-14(11-15(16)19)5-7-18(22)21-17-10-13(3)8-9-20-17/h4-12H,19H2,1-3H3,(H,20,21,22)/b7-5-. The maximum Gasteiger partial charge on any atom is 0.249 e. The molecule has 23 heavy (non-hydrogen) atoms. The van der Waals surface area contributed by atoms with E-state index in [4.69, 9.17) is 10.5 Å². The lowest BCUT2D eigenvalue weighted by Gasteiger charge is -2.12. The van der Waals surface area contributed by atoms with Gasteiger partial charge in [-0.3, -0.25) is 4.79 Å². The number of hydrogen-bond acceptors (Lipinski definition) is 4. The number of nitrogen functional groups attached to an aromatic ring is 1. The third kappa shape index (κ3) is 5.14. The smallest absolute Gasteiger partial charge is 0.249 e. The van der Waals surface area contributed by atoms with Gasteiger partial charge in [0.15, 0.2) is 0 Å². The van der Waals surface area contributed by atoms with Crippen molar-refractivity contribution in [1.82, 2.24) is 4.98 Å². The van der Waals surface area contributed by atoms with E-state index in [2.05, 4.69) is 10.3 Å². The summed E-state index contributed by atoms with van der Waals surface area (Å²) >= 11 is 0. The molecule has 3 N–H and O–H groups in total. The third-order valence-electron chi connectivity index (χ3n) is 2.99. The molecule has 0 atom stereocenters. The number of carbonyl (C=O) groups is 1. The van der Waals surface area contributed by atoms with Crippen LogP contribution in [0.25, 0.3) is 6.08 Å². The van der Waals surface area contributed by atoms with Crippen molar-refractivity contribution in [2.75, 3.05) is 11.1 Å². The van der Waals surface area contributed by atoms with Crippen LogP contribution in [-0.4, -0.2) is 17.0 Å². The number of rotatable bonds is 5. The molecule has 0 unspecified atom stereocenters. The first kappa shape index (κ1) is 16.5. The Bertz CT molecular complexity index is 724. The minimum atomic E-state index is -0.246. The van der Waals surface area contributed by atoms with Gasteiger partial charge in [-0.2, -0.15) is 0 Å². The lowest BCUT2D eigenvalue weighted by Crippen LogP contribution is -2.09. The Labute approximate surface area is 136 Å². The summed E-state index contributed by atoms with van der Waals surface area (Å²) in [6.07, 6.45) is 4.86. The summed E-state index contributed by atoms with van der Waals surface area (Å²) in [5.74, 6) is 0.926. The number of anilines is 2. The van der Waals surface area contributed by atoms with Gasteiger partial charge in [0, 0.05) is 12.3 Å². The van der Waals surface area contributed by atoms with E-state index < -0.39 is 0 Å². The topological polar surface area (TPSA) is 77.2 Å². The fraction of sp³-hybridized carbons (Fsp3) is 0.222. The maximum atomic E-state index is 11.9. The molecular weight excluding hydrogens is 290 g/mol. The Kier molecular flexibility index (Phi) is 5.36. The van der Waals surface area contributed by atoms with Crippen LogP contribution in [0.5, 0.6) is 5.75 Å². The molecule has 1 amide bonds. The van der Waals surface area contributed by atoms with Gasteiger partial charge in [-0.1, -0.05) is 6.07 Å². The molecule has 1 aromatic heterocycles.